The molecule has 0 unspecified atom stereocenters. The first-order valence-corrected chi connectivity index (χ1v) is 5.59. The summed E-state index contributed by atoms with van der Waals surface area (Å²) in [5.41, 5.74) is 1.90. The Hall–Kier alpha value is -1.55. The lowest BCUT2D eigenvalue weighted by molar-refractivity contribution is 0.415. The van der Waals surface area contributed by atoms with Crippen LogP contribution >= 0.6 is 15.9 Å². The first-order valence-electron chi connectivity index (χ1n) is 4.79. The molecule has 0 saturated carbocycles. The van der Waals surface area contributed by atoms with E-state index in [9.17, 15) is 0 Å². The van der Waals surface area contributed by atoms with Crippen molar-refractivity contribution in [3.8, 4) is 5.75 Å². The van der Waals surface area contributed by atoms with Crippen molar-refractivity contribution in [3.63, 3.8) is 0 Å². The van der Waals surface area contributed by atoms with Crippen LogP contribution in [0.3, 0.4) is 0 Å². The minimum atomic E-state index is 0.827. The third kappa shape index (κ3) is 2.73. The summed E-state index contributed by atoms with van der Waals surface area (Å²) in [4.78, 5) is 4.08. The molecule has 0 saturated heterocycles. The molecule has 1 N–H and O–H groups in total. The van der Waals surface area contributed by atoms with E-state index in [1.807, 2.05) is 30.3 Å². The van der Waals surface area contributed by atoms with E-state index < -0.39 is 0 Å². The average molecular weight is 279 g/mol. The third-order valence-electron chi connectivity index (χ3n) is 2.06. The fourth-order valence-corrected chi connectivity index (χ4v) is 1.71. The van der Waals surface area contributed by atoms with Crippen molar-refractivity contribution in [2.45, 2.75) is 0 Å². The van der Waals surface area contributed by atoms with Gasteiger partial charge in [0.2, 0.25) is 0 Å². The summed E-state index contributed by atoms with van der Waals surface area (Å²) in [5, 5.41) is 3.25. The van der Waals surface area contributed by atoms with Gasteiger partial charge in [-0.3, -0.25) is 4.98 Å². The van der Waals surface area contributed by atoms with Gasteiger partial charge in [-0.1, -0.05) is 6.07 Å². The molecule has 0 radical (unpaired) electrons. The predicted molar refractivity (Wildman–Crippen MR) is 68.2 cm³/mol. The second-order valence-electron chi connectivity index (χ2n) is 3.25. The fraction of sp³-hybridized carbons (Fsp3) is 0.0833. The van der Waals surface area contributed by atoms with Crippen molar-refractivity contribution in [1.82, 2.24) is 4.98 Å². The van der Waals surface area contributed by atoms with Gasteiger partial charge in [0.1, 0.15) is 5.75 Å². The van der Waals surface area contributed by atoms with Gasteiger partial charge in [0.25, 0.3) is 0 Å². The number of methoxy groups -OCH3 is 1. The Bertz CT molecular complexity index is 488. The van der Waals surface area contributed by atoms with Crippen LogP contribution in [0.15, 0.2) is 47.2 Å². The number of nitrogens with zero attached hydrogens (tertiary/aromatic N) is 1. The summed E-state index contributed by atoms with van der Waals surface area (Å²) in [6, 6.07) is 9.72. The molecule has 0 spiro atoms. The number of aromatic nitrogens is 1. The van der Waals surface area contributed by atoms with Gasteiger partial charge >= 0.3 is 0 Å². The number of ether oxygens (including phenoxy) is 1. The molecule has 4 heteroatoms. The molecular formula is C12H11BrN2O. The monoisotopic (exact) mass is 278 g/mol. The molecule has 0 bridgehead atoms. The molecule has 0 amide bonds. The molecule has 1 aromatic heterocycles. The lowest BCUT2D eigenvalue weighted by Gasteiger charge is -2.07. The van der Waals surface area contributed by atoms with E-state index >= 15 is 0 Å². The molecule has 0 aliphatic heterocycles. The van der Waals surface area contributed by atoms with Crippen LogP contribution < -0.4 is 10.1 Å². The standard InChI is InChI=1S/C12H11BrN2O/c1-16-12-4-2-3-10(6-12)15-11-5-9(13)7-14-8-11/h2-8,15H,1H3. The van der Waals surface area contributed by atoms with E-state index in [2.05, 4.69) is 26.2 Å². The summed E-state index contributed by atoms with van der Waals surface area (Å²) in [6.07, 6.45) is 3.51. The van der Waals surface area contributed by atoms with Crippen LogP contribution in [0, 0.1) is 0 Å². The molecule has 82 valence electrons. The summed E-state index contributed by atoms with van der Waals surface area (Å²) in [7, 11) is 1.65. The lowest BCUT2D eigenvalue weighted by Crippen LogP contribution is -1.91. The first kappa shape index (κ1) is 11.0. The van der Waals surface area contributed by atoms with E-state index in [-0.39, 0.29) is 0 Å². The number of rotatable bonds is 3. The van der Waals surface area contributed by atoms with Crippen LogP contribution in [0.5, 0.6) is 5.75 Å². The molecular weight excluding hydrogens is 268 g/mol. The van der Waals surface area contributed by atoms with E-state index in [0.29, 0.717) is 0 Å². The van der Waals surface area contributed by atoms with Gasteiger partial charge in [0.15, 0.2) is 0 Å². The van der Waals surface area contributed by atoms with Crippen molar-refractivity contribution in [1.29, 1.82) is 0 Å². The minimum absolute atomic E-state index is 0.827. The maximum atomic E-state index is 5.15. The average Bonchev–Trinajstić information content (AvgIpc) is 2.29. The number of hydrogen-bond donors (Lipinski definition) is 1. The number of nitrogens with one attached hydrogen (secondary N) is 1. The van der Waals surface area contributed by atoms with Gasteiger partial charge in [-0.2, -0.15) is 0 Å². The van der Waals surface area contributed by atoms with Gasteiger partial charge in [-0.25, -0.2) is 0 Å². The molecule has 16 heavy (non-hydrogen) atoms. The predicted octanol–water partition coefficient (Wildman–Crippen LogP) is 3.60. The molecule has 2 aromatic rings. The topological polar surface area (TPSA) is 34.1 Å². The zero-order chi connectivity index (χ0) is 11.4. The summed E-state index contributed by atoms with van der Waals surface area (Å²) in [6.45, 7) is 0. The number of benzene rings is 1. The van der Waals surface area contributed by atoms with Crippen LogP contribution in [0.2, 0.25) is 0 Å². The highest BCUT2D eigenvalue weighted by atomic mass is 79.9. The van der Waals surface area contributed by atoms with E-state index in [0.717, 1.165) is 21.6 Å². The smallest absolute Gasteiger partial charge is 0.120 e. The Kier molecular flexibility index (Phi) is 3.41. The van der Waals surface area contributed by atoms with Crippen molar-refractivity contribution in [2.75, 3.05) is 12.4 Å². The molecule has 0 atom stereocenters. The third-order valence-corrected chi connectivity index (χ3v) is 2.50. The number of hydrogen-bond acceptors (Lipinski definition) is 3. The lowest BCUT2D eigenvalue weighted by atomic mass is 10.3. The number of pyridine rings is 1. The largest absolute Gasteiger partial charge is 0.497 e. The van der Waals surface area contributed by atoms with Crippen LogP contribution in [0.25, 0.3) is 0 Å². The molecule has 0 fully saturated rings. The van der Waals surface area contributed by atoms with Crippen molar-refractivity contribution >= 4 is 27.3 Å². The Balaban J connectivity index is 2.20. The second-order valence-corrected chi connectivity index (χ2v) is 4.16. The Morgan fingerprint density at radius 2 is 2.06 bits per heavy atom. The summed E-state index contributed by atoms with van der Waals surface area (Å²) >= 11 is 3.38. The van der Waals surface area contributed by atoms with E-state index in [1.54, 1.807) is 19.5 Å². The zero-order valence-electron chi connectivity index (χ0n) is 8.77. The van der Waals surface area contributed by atoms with Crippen molar-refractivity contribution in [3.05, 3.63) is 47.2 Å². The SMILES string of the molecule is COc1cccc(Nc2cncc(Br)c2)c1. The molecule has 0 aliphatic carbocycles. The van der Waals surface area contributed by atoms with Crippen molar-refractivity contribution in [2.24, 2.45) is 0 Å². The Morgan fingerprint density at radius 1 is 1.19 bits per heavy atom. The van der Waals surface area contributed by atoms with Crippen molar-refractivity contribution < 1.29 is 4.74 Å². The maximum absolute atomic E-state index is 5.15. The van der Waals surface area contributed by atoms with Gasteiger partial charge in [0.05, 0.1) is 19.0 Å². The van der Waals surface area contributed by atoms with Crippen LogP contribution in [0.4, 0.5) is 11.4 Å². The van der Waals surface area contributed by atoms with E-state index in [1.165, 1.54) is 0 Å². The molecule has 1 aromatic carbocycles. The normalized spacial score (nSPS) is 9.88. The molecule has 2 rings (SSSR count). The molecule has 3 nitrogen and oxygen atoms in total. The maximum Gasteiger partial charge on any atom is 0.120 e. The van der Waals surface area contributed by atoms with Gasteiger partial charge in [-0.05, 0) is 34.1 Å². The van der Waals surface area contributed by atoms with Crippen LogP contribution in [-0.4, -0.2) is 12.1 Å². The van der Waals surface area contributed by atoms with E-state index in [4.69, 9.17) is 4.74 Å². The highest BCUT2D eigenvalue weighted by molar-refractivity contribution is 9.10. The minimum Gasteiger partial charge on any atom is -0.497 e. The summed E-state index contributed by atoms with van der Waals surface area (Å²) in [5.74, 6) is 0.827. The quantitative estimate of drug-likeness (QED) is 0.932. The van der Waals surface area contributed by atoms with Gasteiger partial charge in [0, 0.05) is 22.4 Å². The van der Waals surface area contributed by atoms with Crippen LogP contribution in [-0.2, 0) is 0 Å². The number of halogens is 1. The number of anilines is 2. The highest BCUT2D eigenvalue weighted by Gasteiger charge is 1.97. The fourth-order valence-electron chi connectivity index (χ4n) is 1.35. The molecule has 1 heterocycles. The van der Waals surface area contributed by atoms with Crippen LogP contribution in [0.1, 0.15) is 0 Å². The molecule has 0 aliphatic rings. The van der Waals surface area contributed by atoms with Gasteiger partial charge < -0.3 is 10.1 Å². The summed E-state index contributed by atoms with van der Waals surface area (Å²) < 4.78 is 6.10. The Morgan fingerprint density at radius 3 is 2.81 bits per heavy atom. The van der Waals surface area contributed by atoms with Gasteiger partial charge in [-0.15, -0.1) is 0 Å². The Labute approximate surface area is 103 Å². The zero-order valence-corrected chi connectivity index (χ0v) is 10.4. The second kappa shape index (κ2) is 4.99. The first-order chi connectivity index (χ1) is 7.78. The highest BCUT2D eigenvalue weighted by Crippen LogP contribution is 2.22.